The first-order valence-corrected chi connectivity index (χ1v) is 6.99. The van der Waals surface area contributed by atoms with Crippen molar-refractivity contribution < 1.29 is 19.7 Å². The molecule has 1 heterocycles. The second-order valence-electron chi connectivity index (χ2n) is 6.54. The zero-order chi connectivity index (χ0) is 13.4. The van der Waals surface area contributed by atoms with Gasteiger partial charge >= 0.3 is 5.97 Å². The molecule has 2 fully saturated rings. The fourth-order valence-electron chi connectivity index (χ4n) is 4.78. The lowest BCUT2D eigenvalue weighted by Crippen LogP contribution is -2.33. The van der Waals surface area contributed by atoms with Crippen LogP contribution in [-0.2, 0) is 9.53 Å². The summed E-state index contributed by atoms with van der Waals surface area (Å²) >= 11 is 0. The van der Waals surface area contributed by atoms with Crippen LogP contribution in [0.2, 0.25) is 0 Å². The molecule has 0 aromatic carbocycles. The van der Waals surface area contributed by atoms with Crippen LogP contribution >= 0.6 is 0 Å². The van der Waals surface area contributed by atoms with E-state index in [1.807, 2.05) is 0 Å². The number of aliphatic hydroxyl groups excluding tert-OH is 2. The summed E-state index contributed by atoms with van der Waals surface area (Å²) in [7, 11) is 0. The third-order valence-electron chi connectivity index (χ3n) is 5.85. The molecule has 1 aliphatic heterocycles. The highest BCUT2D eigenvalue weighted by atomic mass is 16.5. The fourth-order valence-corrected chi connectivity index (χ4v) is 4.78. The van der Waals surface area contributed by atoms with E-state index in [1.54, 1.807) is 0 Å². The Balaban J connectivity index is 1.81. The van der Waals surface area contributed by atoms with Crippen molar-refractivity contribution in [2.75, 3.05) is 13.2 Å². The van der Waals surface area contributed by atoms with E-state index < -0.39 is 5.97 Å². The van der Waals surface area contributed by atoms with Crippen LogP contribution in [0.5, 0.6) is 0 Å². The Kier molecular flexibility index (Phi) is 2.15. The smallest absolute Gasteiger partial charge is 0.342 e. The fraction of sp³-hybridized carbons (Fsp3) is 0.667. The molecule has 4 aliphatic rings. The zero-order valence-electron chi connectivity index (χ0n) is 10.9. The first kappa shape index (κ1) is 11.7. The molecule has 3 unspecified atom stereocenters. The van der Waals surface area contributed by atoms with Crippen LogP contribution in [0.15, 0.2) is 23.0 Å². The predicted molar refractivity (Wildman–Crippen MR) is 66.7 cm³/mol. The summed E-state index contributed by atoms with van der Waals surface area (Å²) in [5, 5.41) is 19.0. The second-order valence-corrected chi connectivity index (χ2v) is 6.54. The lowest BCUT2D eigenvalue weighted by atomic mass is 9.66. The van der Waals surface area contributed by atoms with Crippen LogP contribution in [0.1, 0.15) is 19.8 Å². The van der Waals surface area contributed by atoms with E-state index in [0.717, 1.165) is 12.0 Å². The van der Waals surface area contributed by atoms with Crippen molar-refractivity contribution in [2.45, 2.75) is 19.8 Å². The van der Waals surface area contributed by atoms with Gasteiger partial charge in [-0.25, -0.2) is 4.79 Å². The SMILES string of the molecule is C[C@@]12C=C3OC(=O)C(CO)=C3C[C@H]1C(CO)C1CC12. The van der Waals surface area contributed by atoms with Crippen LogP contribution in [0.3, 0.4) is 0 Å². The van der Waals surface area contributed by atoms with Crippen LogP contribution in [0.25, 0.3) is 0 Å². The van der Waals surface area contributed by atoms with Gasteiger partial charge in [-0.3, -0.25) is 0 Å². The van der Waals surface area contributed by atoms with E-state index in [2.05, 4.69) is 13.0 Å². The van der Waals surface area contributed by atoms with Gasteiger partial charge in [-0.1, -0.05) is 6.92 Å². The summed E-state index contributed by atoms with van der Waals surface area (Å²) in [6.45, 7) is 2.19. The van der Waals surface area contributed by atoms with Gasteiger partial charge in [0.15, 0.2) is 0 Å². The average molecular weight is 262 g/mol. The maximum absolute atomic E-state index is 11.7. The Morgan fingerprint density at radius 1 is 1.42 bits per heavy atom. The molecular formula is C15H18O4. The number of hydrogen-bond acceptors (Lipinski definition) is 4. The number of fused-ring (bicyclic) bond motifs is 4. The van der Waals surface area contributed by atoms with Crippen molar-refractivity contribution in [1.82, 2.24) is 0 Å². The second kappa shape index (κ2) is 3.49. The largest absolute Gasteiger partial charge is 0.423 e. The van der Waals surface area contributed by atoms with Crippen molar-refractivity contribution in [1.29, 1.82) is 0 Å². The van der Waals surface area contributed by atoms with Gasteiger partial charge in [0.1, 0.15) is 5.76 Å². The predicted octanol–water partition coefficient (Wildman–Crippen LogP) is 1.00. The highest BCUT2D eigenvalue weighted by molar-refractivity contribution is 5.95. The molecular weight excluding hydrogens is 244 g/mol. The number of carbonyl (C=O) groups excluding carboxylic acids is 1. The molecule has 0 aromatic rings. The number of hydrogen-bond donors (Lipinski definition) is 2. The Hall–Kier alpha value is -1.13. The molecule has 0 amide bonds. The van der Waals surface area contributed by atoms with Crippen LogP contribution < -0.4 is 0 Å². The van der Waals surface area contributed by atoms with E-state index in [-0.39, 0.29) is 18.6 Å². The number of rotatable bonds is 2. The normalized spacial score (nSPS) is 46.5. The van der Waals surface area contributed by atoms with Gasteiger partial charge in [0.2, 0.25) is 0 Å². The van der Waals surface area contributed by atoms with Crippen LogP contribution in [0.4, 0.5) is 0 Å². The lowest BCUT2D eigenvalue weighted by molar-refractivity contribution is -0.133. The van der Waals surface area contributed by atoms with Gasteiger partial charge in [0.25, 0.3) is 0 Å². The van der Waals surface area contributed by atoms with Gasteiger partial charge < -0.3 is 14.9 Å². The van der Waals surface area contributed by atoms with Crippen LogP contribution in [0, 0.1) is 29.1 Å². The molecule has 5 atom stereocenters. The number of carbonyl (C=O) groups is 1. The van der Waals surface area contributed by atoms with E-state index in [0.29, 0.717) is 35.0 Å². The minimum Gasteiger partial charge on any atom is -0.423 e. The molecule has 0 radical (unpaired) electrons. The van der Waals surface area contributed by atoms with Gasteiger partial charge in [-0.15, -0.1) is 0 Å². The number of aliphatic hydroxyl groups is 2. The zero-order valence-corrected chi connectivity index (χ0v) is 10.9. The molecule has 2 N–H and O–H groups in total. The number of allylic oxidation sites excluding steroid dienone is 2. The summed E-state index contributed by atoms with van der Waals surface area (Å²) in [5.74, 6) is 2.22. The third-order valence-corrected chi connectivity index (χ3v) is 5.85. The van der Waals surface area contributed by atoms with Crippen molar-refractivity contribution in [3.63, 3.8) is 0 Å². The maximum Gasteiger partial charge on any atom is 0.342 e. The quantitative estimate of drug-likeness (QED) is 0.729. The Labute approximate surface area is 111 Å². The van der Waals surface area contributed by atoms with Crippen molar-refractivity contribution in [3.05, 3.63) is 23.0 Å². The monoisotopic (exact) mass is 262 g/mol. The van der Waals surface area contributed by atoms with E-state index in [9.17, 15) is 15.0 Å². The molecule has 19 heavy (non-hydrogen) atoms. The molecule has 4 heteroatoms. The summed E-state index contributed by atoms with van der Waals surface area (Å²) in [6, 6.07) is 0. The van der Waals surface area contributed by atoms with Gasteiger partial charge in [-0.2, -0.15) is 0 Å². The molecule has 3 aliphatic carbocycles. The van der Waals surface area contributed by atoms with E-state index >= 15 is 0 Å². The lowest BCUT2D eigenvalue weighted by Gasteiger charge is -2.38. The van der Waals surface area contributed by atoms with Gasteiger partial charge in [0, 0.05) is 12.2 Å². The molecule has 0 bridgehead atoms. The highest BCUT2D eigenvalue weighted by Gasteiger charge is 2.66. The van der Waals surface area contributed by atoms with E-state index in [1.165, 1.54) is 6.42 Å². The molecule has 4 nitrogen and oxygen atoms in total. The van der Waals surface area contributed by atoms with Crippen LogP contribution in [-0.4, -0.2) is 29.4 Å². The Morgan fingerprint density at radius 2 is 2.21 bits per heavy atom. The summed E-state index contributed by atoms with van der Waals surface area (Å²) in [5.41, 5.74) is 1.32. The first-order valence-electron chi connectivity index (χ1n) is 6.99. The summed E-state index contributed by atoms with van der Waals surface area (Å²) < 4.78 is 5.30. The topological polar surface area (TPSA) is 66.8 Å². The van der Waals surface area contributed by atoms with E-state index in [4.69, 9.17) is 4.74 Å². The minimum absolute atomic E-state index is 0.0437. The summed E-state index contributed by atoms with van der Waals surface area (Å²) in [6.07, 6.45) is 4.03. The van der Waals surface area contributed by atoms with Gasteiger partial charge in [0.05, 0.1) is 12.2 Å². The van der Waals surface area contributed by atoms with Crippen molar-refractivity contribution in [2.24, 2.45) is 29.1 Å². The Morgan fingerprint density at radius 3 is 2.89 bits per heavy atom. The molecule has 2 saturated carbocycles. The van der Waals surface area contributed by atoms with Crippen molar-refractivity contribution >= 4 is 5.97 Å². The maximum atomic E-state index is 11.7. The van der Waals surface area contributed by atoms with Crippen molar-refractivity contribution in [3.8, 4) is 0 Å². The standard InChI is InChI=1S/C15H18O4/c1-15-4-13-8(10(6-17)14(18)19-13)3-12(15)9(5-16)7-2-11(7)15/h4,7,9,11-12,16-17H,2-3,5-6H2,1H3/t7?,9?,11?,12-,15-/m0/s1. The Bertz CT molecular complexity index is 532. The average Bonchev–Trinajstić information content (AvgIpc) is 3.05. The highest BCUT2D eigenvalue weighted by Crippen LogP contribution is 2.71. The third kappa shape index (κ3) is 1.29. The first-order chi connectivity index (χ1) is 9.10. The molecule has 0 aromatic heterocycles. The number of esters is 1. The number of ether oxygens (including phenoxy) is 1. The molecule has 102 valence electrons. The van der Waals surface area contributed by atoms with Gasteiger partial charge in [-0.05, 0) is 48.0 Å². The summed E-state index contributed by atoms with van der Waals surface area (Å²) in [4.78, 5) is 11.7. The molecule has 4 rings (SSSR count). The molecule has 0 spiro atoms. The molecule has 0 saturated heterocycles. The minimum atomic E-state index is -0.403.